The fraction of sp³-hybridized carbons (Fsp3) is 0.765. The topological polar surface area (TPSA) is 50.6 Å². The molecule has 126 valence electrons. The van der Waals surface area contributed by atoms with Gasteiger partial charge in [0, 0.05) is 57.6 Å². The maximum atomic E-state index is 12.8. The van der Waals surface area contributed by atoms with Gasteiger partial charge in [-0.15, -0.1) is 0 Å². The van der Waals surface area contributed by atoms with Crippen LogP contribution in [0.25, 0.3) is 0 Å². The van der Waals surface area contributed by atoms with Gasteiger partial charge in [0.1, 0.15) is 0 Å². The molecule has 3 fully saturated rings. The van der Waals surface area contributed by atoms with Crippen molar-refractivity contribution in [1.82, 2.24) is 19.6 Å². The average Bonchev–Trinajstić information content (AvgIpc) is 3.27. The van der Waals surface area contributed by atoms with E-state index < -0.39 is 0 Å². The van der Waals surface area contributed by atoms with Gasteiger partial charge in [-0.3, -0.25) is 14.4 Å². The van der Waals surface area contributed by atoms with Gasteiger partial charge in [0.25, 0.3) is 0 Å². The van der Waals surface area contributed by atoms with Gasteiger partial charge in [0.15, 0.2) is 0 Å². The lowest BCUT2D eigenvalue weighted by Gasteiger charge is -2.41. The average molecular weight is 318 g/mol. The molecule has 1 aromatic heterocycles. The van der Waals surface area contributed by atoms with Gasteiger partial charge < -0.3 is 9.64 Å². The van der Waals surface area contributed by atoms with Crippen molar-refractivity contribution in [3.63, 3.8) is 0 Å². The third kappa shape index (κ3) is 3.02. The summed E-state index contributed by atoms with van der Waals surface area (Å²) in [6, 6.07) is 0.456. The van der Waals surface area contributed by atoms with E-state index in [0.29, 0.717) is 11.9 Å². The lowest BCUT2D eigenvalue weighted by Crippen LogP contribution is -2.52. The molecule has 0 radical (unpaired) electrons. The van der Waals surface area contributed by atoms with Crippen LogP contribution in [0.15, 0.2) is 12.4 Å². The number of amides is 1. The van der Waals surface area contributed by atoms with Crippen LogP contribution in [0.5, 0.6) is 0 Å². The summed E-state index contributed by atoms with van der Waals surface area (Å²) in [7, 11) is 1.95. The molecule has 3 aliphatic heterocycles. The van der Waals surface area contributed by atoms with Crippen molar-refractivity contribution in [2.45, 2.75) is 44.4 Å². The number of carbonyl (C=O) groups excluding carboxylic acids is 1. The number of ether oxygens (including phenoxy) is 1. The van der Waals surface area contributed by atoms with E-state index >= 15 is 0 Å². The Morgan fingerprint density at radius 1 is 1.39 bits per heavy atom. The van der Waals surface area contributed by atoms with Crippen LogP contribution < -0.4 is 0 Å². The van der Waals surface area contributed by atoms with Gasteiger partial charge in [0.05, 0.1) is 18.2 Å². The first kappa shape index (κ1) is 15.1. The highest BCUT2D eigenvalue weighted by atomic mass is 16.5. The zero-order valence-corrected chi connectivity index (χ0v) is 13.9. The van der Waals surface area contributed by atoms with Crippen LogP contribution in [0, 0.1) is 5.92 Å². The highest BCUT2D eigenvalue weighted by Gasteiger charge is 2.43. The van der Waals surface area contributed by atoms with Crippen molar-refractivity contribution in [1.29, 1.82) is 0 Å². The summed E-state index contributed by atoms with van der Waals surface area (Å²) >= 11 is 0. The number of hydrogen-bond donors (Lipinski definition) is 0. The number of rotatable bonds is 3. The molecule has 3 atom stereocenters. The van der Waals surface area contributed by atoms with Crippen LogP contribution >= 0.6 is 0 Å². The van der Waals surface area contributed by atoms with E-state index in [9.17, 15) is 4.79 Å². The third-order valence-electron chi connectivity index (χ3n) is 5.53. The molecule has 4 rings (SSSR count). The van der Waals surface area contributed by atoms with Gasteiger partial charge in [-0.1, -0.05) is 0 Å². The second kappa shape index (κ2) is 6.24. The first-order chi connectivity index (χ1) is 11.2. The summed E-state index contributed by atoms with van der Waals surface area (Å²) in [6.07, 6.45) is 8.49. The highest BCUT2D eigenvalue weighted by Crippen LogP contribution is 2.33. The summed E-state index contributed by atoms with van der Waals surface area (Å²) in [4.78, 5) is 17.3. The summed E-state index contributed by atoms with van der Waals surface area (Å²) in [6.45, 7) is 4.42. The largest absolute Gasteiger partial charge is 0.377 e. The van der Waals surface area contributed by atoms with Crippen molar-refractivity contribution in [3.05, 3.63) is 18.0 Å². The summed E-state index contributed by atoms with van der Waals surface area (Å²) in [5.41, 5.74) is 1.22. The molecule has 3 aliphatic rings. The fourth-order valence-electron chi connectivity index (χ4n) is 4.40. The first-order valence-corrected chi connectivity index (χ1v) is 8.82. The quantitative estimate of drug-likeness (QED) is 0.835. The Morgan fingerprint density at radius 2 is 2.22 bits per heavy atom. The van der Waals surface area contributed by atoms with E-state index in [1.54, 1.807) is 0 Å². The number of carbonyl (C=O) groups is 1. The van der Waals surface area contributed by atoms with E-state index in [0.717, 1.165) is 58.5 Å². The molecule has 1 amide bonds. The van der Waals surface area contributed by atoms with E-state index in [1.165, 1.54) is 5.56 Å². The number of piperidine rings is 1. The van der Waals surface area contributed by atoms with Crippen LogP contribution in [-0.2, 0) is 23.1 Å². The Bertz CT molecular complexity index is 567. The second-order valence-corrected chi connectivity index (χ2v) is 7.18. The molecule has 0 aliphatic carbocycles. The predicted molar refractivity (Wildman–Crippen MR) is 85.7 cm³/mol. The van der Waals surface area contributed by atoms with Crippen molar-refractivity contribution < 1.29 is 9.53 Å². The zero-order valence-electron chi connectivity index (χ0n) is 13.9. The van der Waals surface area contributed by atoms with Crippen molar-refractivity contribution in [3.8, 4) is 0 Å². The van der Waals surface area contributed by atoms with E-state index in [4.69, 9.17) is 4.74 Å². The minimum atomic E-state index is 0.0871. The van der Waals surface area contributed by atoms with Crippen molar-refractivity contribution >= 4 is 5.91 Å². The number of aromatic nitrogens is 2. The molecule has 6 heteroatoms. The molecule has 0 aromatic carbocycles. The molecule has 0 N–H and O–H groups in total. The van der Waals surface area contributed by atoms with Gasteiger partial charge in [-0.25, -0.2) is 0 Å². The van der Waals surface area contributed by atoms with Crippen LogP contribution in [0.3, 0.4) is 0 Å². The molecule has 1 aromatic rings. The van der Waals surface area contributed by atoms with Crippen molar-refractivity contribution in [2.75, 3.05) is 26.2 Å². The van der Waals surface area contributed by atoms with Crippen molar-refractivity contribution in [2.24, 2.45) is 13.0 Å². The van der Waals surface area contributed by atoms with Crippen LogP contribution in [0.1, 0.15) is 31.2 Å². The molecule has 23 heavy (non-hydrogen) atoms. The lowest BCUT2D eigenvalue weighted by molar-refractivity contribution is -0.139. The van der Waals surface area contributed by atoms with Crippen LogP contribution in [-0.4, -0.2) is 63.9 Å². The van der Waals surface area contributed by atoms with E-state index in [1.807, 2.05) is 17.9 Å². The monoisotopic (exact) mass is 318 g/mol. The zero-order chi connectivity index (χ0) is 15.8. The Labute approximate surface area is 137 Å². The molecule has 6 nitrogen and oxygen atoms in total. The smallest absolute Gasteiger partial charge is 0.227 e. The van der Waals surface area contributed by atoms with E-state index in [-0.39, 0.29) is 12.0 Å². The molecule has 0 unspecified atom stereocenters. The molecule has 0 saturated carbocycles. The van der Waals surface area contributed by atoms with Gasteiger partial charge >= 0.3 is 0 Å². The summed E-state index contributed by atoms with van der Waals surface area (Å²) in [5, 5.41) is 4.27. The lowest BCUT2D eigenvalue weighted by atomic mass is 9.89. The Balaban J connectivity index is 1.48. The Hall–Kier alpha value is -1.40. The molecule has 0 spiro atoms. The number of aryl methyl sites for hydroxylation is 1. The predicted octanol–water partition coefficient (Wildman–Crippen LogP) is 1.02. The maximum absolute atomic E-state index is 12.8. The second-order valence-electron chi connectivity index (χ2n) is 7.18. The molecular weight excluding hydrogens is 292 g/mol. The fourth-order valence-corrected chi connectivity index (χ4v) is 4.40. The molecular formula is C17H26N4O2. The summed E-state index contributed by atoms with van der Waals surface area (Å²) in [5.74, 6) is 0.428. The Kier molecular flexibility index (Phi) is 4.11. The van der Waals surface area contributed by atoms with Gasteiger partial charge in [0.2, 0.25) is 5.91 Å². The SMILES string of the molecule is Cn1cc(CN2C[C@H](C(=O)N3CCCC3)C[C@@H]3OCC[C@@H]32)cn1. The third-order valence-corrected chi connectivity index (χ3v) is 5.53. The highest BCUT2D eigenvalue weighted by molar-refractivity contribution is 5.79. The standard InChI is InChI=1S/C17H26N4O2/c1-19-10-13(9-18-19)11-21-12-14(8-16-15(21)4-7-23-16)17(22)20-5-2-3-6-20/h9-10,14-16H,2-8,11-12H2,1H3/t14-,15+,16+/m1/s1. The number of hydrogen-bond acceptors (Lipinski definition) is 4. The van der Waals surface area contributed by atoms with Crippen LogP contribution in [0.2, 0.25) is 0 Å². The van der Waals surface area contributed by atoms with Gasteiger partial charge in [-0.2, -0.15) is 5.10 Å². The molecule has 3 saturated heterocycles. The molecule has 0 bridgehead atoms. The van der Waals surface area contributed by atoms with E-state index in [2.05, 4.69) is 21.1 Å². The number of likely N-dealkylation sites (tertiary alicyclic amines) is 2. The number of fused-ring (bicyclic) bond motifs is 1. The Morgan fingerprint density at radius 3 is 2.96 bits per heavy atom. The number of nitrogens with zero attached hydrogens (tertiary/aromatic N) is 4. The minimum absolute atomic E-state index is 0.0871. The molecule has 4 heterocycles. The summed E-state index contributed by atoms with van der Waals surface area (Å²) < 4.78 is 7.78. The normalized spacial score (nSPS) is 31.5. The minimum Gasteiger partial charge on any atom is -0.377 e. The maximum Gasteiger partial charge on any atom is 0.227 e. The first-order valence-electron chi connectivity index (χ1n) is 8.82. The van der Waals surface area contributed by atoms with Gasteiger partial charge in [-0.05, 0) is 25.7 Å². The van der Waals surface area contributed by atoms with Crippen LogP contribution in [0.4, 0.5) is 0 Å².